The molecule has 7 rings (SSSR count). The van der Waals surface area contributed by atoms with E-state index in [4.69, 9.17) is 30.6 Å². The van der Waals surface area contributed by atoms with Crippen LogP contribution in [0.4, 0.5) is 0 Å². The summed E-state index contributed by atoms with van der Waals surface area (Å²) < 4.78 is 0. The first-order chi connectivity index (χ1) is 33.2. The number of hydrogen-bond acceptors (Lipinski definition) is 13. The van der Waals surface area contributed by atoms with E-state index in [1.54, 1.807) is 54.2 Å². The molecule has 0 fully saturated rings. The van der Waals surface area contributed by atoms with Crippen LogP contribution in [0.2, 0.25) is 0 Å². The second kappa shape index (κ2) is 39.2. The van der Waals surface area contributed by atoms with Gasteiger partial charge in [-0.25, -0.2) is 15.0 Å². The van der Waals surface area contributed by atoms with Crippen LogP contribution in [0.3, 0.4) is 0 Å². The van der Waals surface area contributed by atoms with Gasteiger partial charge in [0.15, 0.2) is 0 Å². The summed E-state index contributed by atoms with van der Waals surface area (Å²) in [6.45, 7) is 20.3. The molecule has 3 radical (unpaired) electrons. The van der Waals surface area contributed by atoms with Gasteiger partial charge in [-0.05, 0) is 84.7 Å². The standard InChI is InChI=1S/C16H11N2.C14H15N2.C10H8N3.C7H16O2.2C5H12O2.3Ir/c1-3-7-13(8-4-1)15-11-16(18-12-17-15)14-9-5-2-6-10-14;1-14(2,3)13-9-12(15-10-16-13)11-7-5-4-6-8-11;1-8-11-7-12-10(13-8)9-5-3-2-4-6-9;1-4-7(5(2)8)6(3)9;2*1-4(6)3-5(2)7;;;/h1-9,11-12H;4-7,9-10H,1-3H3;2-5,7H,1H3;5-9H,4H2,1-3H3;2*4-7H,3H2,1-2H3;;;/q3*-1;;;;;;. The summed E-state index contributed by atoms with van der Waals surface area (Å²) in [5, 5.41) is 52.3. The quantitative estimate of drug-likeness (QED) is 0.0668. The minimum atomic E-state index is -0.394. The topological polar surface area (TPSA) is 212 Å². The minimum absolute atomic E-state index is 0. The van der Waals surface area contributed by atoms with Crippen LogP contribution >= 0.6 is 0 Å². The van der Waals surface area contributed by atoms with Crippen molar-refractivity contribution in [3.63, 3.8) is 0 Å². The molecule has 0 saturated carbocycles. The van der Waals surface area contributed by atoms with Gasteiger partial charge in [0, 0.05) is 77.3 Å². The first-order valence-corrected chi connectivity index (χ1v) is 23.6. The van der Waals surface area contributed by atoms with Crippen LogP contribution in [0.15, 0.2) is 134 Å². The molecule has 13 nitrogen and oxygen atoms in total. The van der Waals surface area contributed by atoms with Gasteiger partial charge in [0.1, 0.15) is 24.8 Å². The van der Waals surface area contributed by atoms with Gasteiger partial charge in [-0.3, -0.25) is 19.9 Å². The summed E-state index contributed by atoms with van der Waals surface area (Å²) in [5.74, 6) is 1.43. The molecular formula is C57H74Ir3N7O6-3. The summed E-state index contributed by atoms with van der Waals surface area (Å²) >= 11 is 0. The summed E-state index contributed by atoms with van der Waals surface area (Å²) in [4.78, 5) is 29.4. The Labute approximate surface area is 475 Å². The van der Waals surface area contributed by atoms with Gasteiger partial charge in [-0.1, -0.05) is 70.2 Å². The summed E-state index contributed by atoms with van der Waals surface area (Å²) in [7, 11) is 0. The number of rotatable bonds is 11. The van der Waals surface area contributed by atoms with E-state index in [1.807, 2.05) is 129 Å². The first-order valence-electron chi connectivity index (χ1n) is 23.6. The van der Waals surface area contributed by atoms with Crippen LogP contribution in [0, 0.1) is 31.0 Å². The normalized spacial score (nSPS) is 13.0. The minimum Gasteiger partial charge on any atom is -0.393 e. The maximum absolute atomic E-state index is 9.02. The van der Waals surface area contributed by atoms with Crippen molar-refractivity contribution in [1.82, 2.24) is 34.9 Å². The second-order valence-corrected chi connectivity index (χ2v) is 17.8. The van der Waals surface area contributed by atoms with Crippen molar-refractivity contribution in [3.05, 3.63) is 164 Å². The van der Waals surface area contributed by atoms with Gasteiger partial charge >= 0.3 is 0 Å². The summed E-state index contributed by atoms with van der Waals surface area (Å²) in [5.41, 5.74) is 7.84. The molecule has 73 heavy (non-hydrogen) atoms. The van der Waals surface area contributed by atoms with E-state index >= 15 is 0 Å². The van der Waals surface area contributed by atoms with Crippen molar-refractivity contribution >= 4 is 0 Å². The Morgan fingerprint density at radius 3 is 1.23 bits per heavy atom. The number of aliphatic hydroxyl groups is 6. The third-order valence-corrected chi connectivity index (χ3v) is 9.86. The molecule has 6 N–H and O–H groups in total. The van der Waals surface area contributed by atoms with E-state index in [1.165, 1.54) is 6.33 Å². The molecule has 0 spiro atoms. The van der Waals surface area contributed by atoms with E-state index < -0.39 is 12.2 Å². The third-order valence-electron chi connectivity index (χ3n) is 9.86. The summed E-state index contributed by atoms with van der Waals surface area (Å²) in [6.07, 6.45) is 4.22. The molecule has 0 amide bonds. The molecule has 3 aromatic heterocycles. The number of aliphatic hydroxyl groups excluding tert-OH is 6. The molecule has 3 heterocycles. The SMILES string of the molecule is CC(C)(C)c1cc(-c2[c-]cccc2)ncn1.CC(O)CC(C)O.CC(O)CC(C)O.CCC(C(C)O)C(C)O.Cc1ncnc(-c2[c-]cccc2)n1.[Ir].[Ir].[Ir].[c-]1ccccc1-c1cc(-c2ccccc2)ncn1. The van der Waals surface area contributed by atoms with E-state index in [9.17, 15) is 0 Å². The fraction of sp³-hybridized carbons (Fsp3) is 0.386. The van der Waals surface area contributed by atoms with Crippen molar-refractivity contribution in [2.75, 3.05) is 0 Å². The Bertz CT molecular complexity index is 2330. The largest absolute Gasteiger partial charge is 0.393 e. The molecule has 7 aromatic rings. The predicted molar refractivity (Wildman–Crippen MR) is 279 cm³/mol. The Morgan fingerprint density at radius 2 is 0.877 bits per heavy atom. The molecule has 16 heteroatoms. The number of benzene rings is 4. The Balaban J connectivity index is 0. The third kappa shape index (κ3) is 30.7. The zero-order valence-electron chi connectivity index (χ0n) is 43.7. The molecule has 6 unspecified atom stereocenters. The van der Waals surface area contributed by atoms with Gasteiger partial charge in [-0.15, -0.1) is 108 Å². The van der Waals surface area contributed by atoms with Crippen LogP contribution in [0.5, 0.6) is 0 Å². The molecular weight excluding hydrogens is 1460 g/mol. The second-order valence-electron chi connectivity index (χ2n) is 17.8. The molecule has 403 valence electrons. The van der Waals surface area contributed by atoms with E-state index in [2.05, 4.69) is 73.9 Å². The summed E-state index contributed by atoms with van der Waals surface area (Å²) in [6, 6.07) is 46.8. The van der Waals surface area contributed by atoms with Crippen LogP contribution in [0.25, 0.3) is 45.2 Å². The molecule has 0 bridgehead atoms. The maximum atomic E-state index is 9.02. The zero-order chi connectivity index (χ0) is 52.1. The molecule has 6 atom stereocenters. The van der Waals surface area contributed by atoms with Gasteiger partial charge in [0.05, 0.1) is 48.1 Å². The van der Waals surface area contributed by atoms with Gasteiger partial charge in [0.2, 0.25) is 0 Å². The van der Waals surface area contributed by atoms with E-state index in [-0.39, 0.29) is 96.1 Å². The van der Waals surface area contributed by atoms with Gasteiger partial charge in [-0.2, -0.15) is 0 Å². The Hall–Kier alpha value is -4.24. The Morgan fingerprint density at radius 1 is 0.479 bits per heavy atom. The Kier molecular flexibility index (Phi) is 38.0. The fourth-order valence-corrected chi connectivity index (χ4v) is 6.40. The van der Waals surface area contributed by atoms with Gasteiger partial charge in [0.25, 0.3) is 0 Å². The molecule has 4 aromatic carbocycles. The average molecular weight is 1530 g/mol. The van der Waals surface area contributed by atoms with Gasteiger partial charge < -0.3 is 30.6 Å². The smallest absolute Gasteiger partial charge is 0.119 e. The molecule has 0 aliphatic carbocycles. The number of aromatic nitrogens is 7. The monoisotopic (exact) mass is 1530 g/mol. The van der Waals surface area contributed by atoms with Crippen molar-refractivity contribution in [1.29, 1.82) is 0 Å². The predicted octanol–water partition coefficient (Wildman–Crippen LogP) is 9.54. The molecule has 0 saturated heterocycles. The zero-order valence-corrected chi connectivity index (χ0v) is 50.9. The maximum Gasteiger partial charge on any atom is 0.119 e. The molecule has 0 aliphatic heterocycles. The van der Waals surface area contributed by atoms with Crippen molar-refractivity contribution in [2.45, 2.75) is 137 Å². The first kappa shape index (κ1) is 70.8. The average Bonchev–Trinajstić information content (AvgIpc) is 3.33. The van der Waals surface area contributed by atoms with Crippen molar-refractivity contribution < 1.29 is 91.0 Å². The van der Waals surface area contributed by atoms with Crippen molar-refractivity contribution in [2.24, 2.45) is 5.92 Å². The van der Waals surface area contributed by atoms with Crippen LogP contribution in [-0.4, -0.2) is 102 Å². The van der Waals surface area contributed by atoms with Crippen molar-refractivity contribution in [3.8, 4) is 45.2 Å². The van der Waals surface area contributed by atoms with Crippen LogP contribution in [-0.2, 0) is 65.7 Å². The van der Waals surface area contributed by atoms with E-state index in [0.717, 1.165) is 57.3 Å². The van der Waals surface area contributed by atoms with E-state index in [0.29, 0.717) is 18.7 Å². The van der Waals surface area contributed by atoms with Crippen LogP contribution < -0.4 is 0 Å². The number of hydrogen-bond donors (Lipinski definition) is 6. The number of aryl methyl sites for hydroxylation is 1. The fourth-order valence-electron chi connectivity index (χ4n) is 6.40. The molecule has 0 aliphatic rings. The number of nitrogens with zero attached hydrogens (tertiary/aromatic N) is 7. The van der Waals surface area contributed by atoms with Crippen LogP contribution in [0.1, 0.15) is 100 Å².